The molecule has 0 aromatic heterocycles. The number of phenols is 1. The molecule has 1 saturated heterocycles. The molecule has 1 aliphatic heterocycles. The lowest BCUT2D eigenvalue weighted by Crippen LogP contribution is -2.50. The van der Waals surface area contributed by atoms with Crippen LogP contribution < -0.4 is 10.1 Å². The van der Waals surface area contributed by atoms with Crippen molar-refractivity contribution < 1.29 is 19.4 Å². The molecule has 1 amide bonds. The quantitative estimate of drug-likeness (QED) is 0.828. The number of hydrogen-bond acceptors (Lipinski definition) is 5. The zero-order chi connectivity index (χ0) is 16.9. The first kappa shape index (κ1) is 17.6. The van der Waals surface area contributed by atoms with Crippen LogP contribution in [0, 0.1) is 5.41 Å². The number of methoxy groups -OCH3 is 2. The fourth-order valence-electron chi connectivity index (χ4n) is 3.19. The minimum absolute atomic E-state index is 0.0827. The van der Waals surface area contributed by atoms with Gasteiger partial charge in [0.25, 0.3) is 0 Å². The highest BCUT2D eigenvalue weighted by Crippen LogP contribution is 2.32. The lowest BCUT2D eigenvalue weighted by Gasteiger charge is -2.38. The van der Waals surface area contributed by atoms with Crippen molar-refractivity contribution in [2.75, 3.05) is 41.0 Å². The predicted octanol–water partition coefficient (Wildman–Crippen LogP) is 1.38. The van der Waals surface area contributed by atoms with Crippen molar-refractivity contribution in [3.8, 4) is 11.5 Å². The maximum absolute atomic E-state index is 13.0. The van der Waals surface area contributed by atoms with Gasteiger partial charge in [-0.25, -0.2) is 0 Å². The molecule has 0 spiro atoms. The maximum Gasteiger partial charge on any atom is 0.231 e. The number of hydrogen-bond donors (Lipinski definition) is 2. The number of ether oxygens (including phenoxy) is 2. The van der Waals surface area contributed by atoms with E-state index in [-0.39, 0.29) is 11.7 Å². The Morgan fingerprint density at radius 3 is 2.61 bits per heavy atom. The lowest BCUT2D eigenvalue weighted by molar-refractivity contribution is -0.146. The summed E-state index contributed by atoms with van der Waals surface area (Å²) in [7, 11) is 4.94. The Hall–Kier alpha value is -1.79. The number of benzene rings is 1. The number of nitrogens with one attached hydrogen (secondary N) is 1. The van der Waals surface area contributed by atoms with Crippen LogP contribution in [0.3, 0.4) is 0 Å². The summed E-state index contributed by atoms with van der Waals surface area (Å²) in [5, 5.41) is 13.2. The van der Waals surface area contributed by atoms with Gasteiger partial charge in [0, 0.05) is 20.7 Å². The SMILES string of the molecule is COCC1(C(=O)N(C)Cc2ccc(OC)c(O)c2)CCNCC1. The Labute approximate surface area is 137 Å². The van der Waals surface area contributed by atoms with Gasteiger partial charge >= 0.3 is 0 Å². The highest BCUT2D eigenvalue weighted by Gasteiger charge is 2.41. The fraction of sp³-hybridized carbons (Fsp3) is 0.588. The molecule has 128 valence electrons. The average molecular weight is 322 g/mol. The predicted molar refractivity (Wildman–Crippen MR) is 87.5 cm³/mol. The van der Waals surface area contributed by atoms with Crippen molar-refractivity contribution in [2.24, 2.45) is 5.41 Å². The number of aromatic hydroxyl groups is 1. The molecule has 0 bridgehead atoms. The molecule has 23 heavy (non-hydrogen) atoms. The minimum Gasteiger partial charge on any atom is -0.504 e. The number of amides is 1. The third-order valence-electron chi connectivity index (χ3n) is 4.44. The van der Waals surface area contributed by atoms with Crippen LogP contribution in [0.5, 0.6) is 11.5 Å². The summed E-state index contributed by atoms with van der Waals surface area (Å²) in [5.74, 6) is 0.604. The molecule has 1 fully saturated rings. The number of carbonyl (C=O) groups excluding carboxylic acids is 1. The monoisotopic (exact) mass is 322 g/mol. The standard InChI is InChI=1S/C17H26N2O4/c1-19(11-13-4-5-15(23-3)14(20)10-13)16(21)17(12-22-2)6-8-18-9-7-17/h4-5,10,18,20H,6-9,11-12H2,1-3H3. The molecule has 0 atom stereocenters. The van der Waals surface area contributed by atoms with Gasteiger partial charge in [-0.2, -0.15) is 0 Å². The van der Waals surface area contributed by atoms with E-state index in [1.807, 2.05) is 6.07 Å². The molecule has 0 saturated carbocycles. The van der Waals surface area contributed by atoms with Crippen LogP contribution in [-0.2, 0) is 16.1 Å². The summed E-state index contributed by atoms with van der Waals surface area (Å²) in [4.78, 5) is 14.7. The Balaban J connectivity index is 2.10. The number of rotatable bonds is 6. The van der Waals surface area contributed by atoms with Gasteiger partial charge in [0.1, 0.15) is 0 Å². The first-order valence-corrected chi connectivity index (χ1v) is 7.83. The Morgan fingerprint density at radius 2 is 2.04 bits per heavy atom. The van der Waals surface area contributed by atoms with E-state index in [9.17, 15) is 9.90 Å². The van der Waals surface area contributed by atoms with E-state index in [0.29, 0.717) is 18.9 Å². The molecular weight excluding hydrogens is 296 g/mol. The molecule has 0 radical (unpaired) electrons. The highest BCUT2D eigenvalue weighted by atomic mass is 16.5. The fourth-order valence-corrected chi connectivity index (χ4v) is 3.19. The third kappa shape index (κ3) is 3.95. The van der Waals surface area contributed by atoms with Crippen LogP contribution in [0.15, 0.2) is 18.2 Å². The van der Waals surface area contributed by atoms with E-state index in [1.165, 1.54) is 7.11 Å². The van der Waals surface area contributed by atoms with Gasteiger partial charge in [0.15, 0.2) is 11.5 Å². The molecule has 1 aromatic rings. The second-order valence-corrected chi connectivity index (χ2v) is 6.13. The maximum atomic E-state index is 13.0. The molecule has 0 unspecified atom stereocenters. The van der Waals surface area contributed by atoms with Crippen LogP contribution in [0.4, 0.5) is 0 Å². The second-order valence-electron chi connectivity index (χ2n) is 6.13. The van der Waals surface area contributed by atoms with Gasteiger partial charge in [-0.1, -0.05) is 6.07 Å². The number of piperidine rings is 1. The van der Waals surface area contributed by atoms with E-state index in [4.69, 9.17) is 9.47 Å². The van der Waals surface area contributed by atoms with Crippen molar-refractivity contribution >= 4 is 5.91 Å². The van der Waals surface area contributed by atoms with Crippen molar-refractivity contribution in [1.29, 1.82) is 0 Å². The van der Waals surface area contributed by atoms with Crippen LogP contribution in [0.25, 0.3) is 0 Å². The van der Waals surface area contributed by atoms with E-state index >= 15 is 0 Å². The summed E-state index contributed by atoms with van der Waals surface area (Å²) in [6.07, 6.45) is 1.55. The van der Waals surface area contributed by atoms with Crippen molar-refractivity contribution in [3.05, 3.63) is 23.8 Å². The number of nitrogens with zero attached hydrogens (tertiary/aromatic N) is 1. The van der Waals surface area contributed by atoms with Gasteiger partial charge in [0.05, 0.1) is 19.1 Å². The average Bonchev–Trinajstić information content (AvgIpc) is 2.55. The topological polar surface area (TPSA) is 71.0 Å². The van der Waals surface area contributed by atoms with Crippen LogP contribution in [0.2, 0.25) is 0 Å². The third-order valence-corrected chi connectivity index (χ3v) is 4.44. The first-order chi connectivity index (χ1) is 11.0. The zero-order valence-corrected chi connectivity index (χ0v) is 14.1. The Bertz CT molecular complexity index is 536. The molecule has 6 heteroatoms. The van der Waals surface area contributed by atoms with Crippen LogP contribution >= 0.6 is 0 Å². The lowest BCUT2D eigenvalue weighted by atomic mass is 9.78. The molecule has 2 rings (SSSR count). The van der Waals surface area contributed by atoms with Gasteiger partial charge in [-0.05, 0) is 43.6 Å². The van der Waals surface area contributed by atoms with E-state index in [2.05, 4.69) is 5.32 Å². The van der Waals surface area contributed by atoms with E-state index in [1.54, 1.807) is 31.2 Å². The van der Waals surface area contributed by atoms with Crippen LogP contribution in [-0.4, -0.2) is 56.9 Å². The summed E-state index contributed by atoms with van der Waals surface area (Å²) < 4.78 is 10.4. The van der Waals surface area contributed by atoms with E-state index in [0.717, 1.165) is 31.5 Å². The molecule has 1 heterocycles. The Morgan fingerprint density at radius 1 is 1.35 bits per heavy atom. The van der Waals surface area contributed by atoms with Gasteiger partial charge in [-0.15, -0.1) is 0 Å². The molecule has 6 nitrogen and oxygen atoms in total. The van der Waals surface area contributed by atoms with Crippen molar-refractivity contribution in [2.45, 2.75) is 19.4 Å². The minimum atomic E-state index is -0.455. The van der Waals surface area contributed by atoms with E-state index < -0.39 is 5.41 Å². The summed E-state index contributed by atoms with van der Waals surface area (Å²) >= 11 is 0. The highest BCUT2D eigenvalue weighted by molar-refractivity contribution is 5.83. The van der Waals surface area contributed by atoms with Gasteiger partial charge in [-0.3, -0.25) is 4.79 Å². The molecule has 2 N–H and O–H groups in total. The smallest absolute Gasteiger partial charge is 0.231 e. The van der Waals surface area contributed by atoms with Crippen molar-refractivity contribution in [3.63, 3.8) is 0 Å². The second kappa shape index (κ2) is 7.66. The van der Waals surface area contributed by atoms with Crippen LogP contribution in [0.1, 0.15) is 18.4 Å². The largest absolute Gasteiger partial charge is 0.504 e. The summed E-state index contributed by atoms with van der Waals surface area (Å²) in [6.45, 7) is 2.53. The van der Waals surface area contributed by atoms with Gasteiger partial charge < -0.3 is 24.8 Å². The molecular formula is C17H26N2O4. The number of phenolic OH excluding ortho intramolecular Hbond substituents is 1. The summed E-state index contributed by atoms with van der Waals surface area (Å²) in [6, 6.07) is 5.19. The van der Waals surface area contributed by atoms with Crippen molar-refractivity contribution in [1.82, 2.24) is 10.2 Å². The summed E-state index contributed by atoms with van der Waals surface area (Å²) in [5.41, 5.74) is 0.407. The van der Waals surface area contributed by atoms with Gasteiger partial charge in [0.2, 0.25) is 5.91 Å². The Kier molecular flexibility index (Phi) is 5.85. The number of carbonyl (C=O) groups is 1. The normalized spacial score (nSPS) is 16.8. The molecule has 1 aromatic carbocycles. The molecule has 1 aliphatic rings. The molecule has 0 aliphatic carbocycles. The first-order valence-electron chi connectivity index (χ1n) is 7.83. The zero-order valence-electron chi connectivity index (χ0n) is 14.1.